The van der Waals surface area contributed by atoms with Gasteiger partial charge in [-0.15, -0.1) is 0 Å². The largest absolute Gasteiger partial charge is 0.456 e. The van der Waals surface area contributed by atoms with E-state index in [0.717, 1.165) is 99.2 Å². The summed E-state index contributed by atoms with van der Waals surface area (Å²) in [5.41, 5.74) is 21.9. The molecule has 4 aromatic heterocycles. The highest BCUT2D eigenvalue weighted by molar-refractivity contribution is 6.14. The van der Waals surface area contributed by atoms with Crippen LogP contribution in [0.1, 0.15) is 22.3 Å². The van der Waals surface area contributed by atoms with Crippen LogP contribution in [0.15, 0.2) is 250 Å². The molecule has 0 fully saturated rings. The normalized spacial score (nSPS) is 13.1. The van der Waals surface area contributed by atoms with Crippen LogP contribution in [0.3, 0.4) is 0 Å². The predicted octanol–water partition coefficient (Wildman–Crippen LogP) is 18.2. The van der Waals surface area contributed by atoms with Crippen molar-refractivity contribution in [2.75, 3.05) is 0 Å². The van der Waals surface area contributed by atoms with Crippen LogP contribution in [0.4, 0.5) is 0 Å². The lowest BCUT2D eigenvalue weighted by Gasteiger charge is -2.30. The Morgan fingerprint density at radius 3 is 1.30 bits per heavy atom. The van der Waals surface area contributed by atoms with Gasteiger partial charge in [-0.25, -0.2) is 15.0 Å². The molecule has 6 heteroatoms. The van der Waals surface area contributed by atoms with Crippen molar-refractivity contribution in [3.63, 3.8) is 0 Å². The zero-order valence-corrected chi connectivity index (χ0v) is 40.6. The second-order valence-corrected chi connectivity index (χ2v) is 20.1. The maximum atomic E-state index is 6.68. The second-order valence-electron chi connectivity index (χ2n) is 20.1. The molecule has 0 radical (unpaired) electrons. The van der Waals surface area contributed by atoms with E-state index in [4.69, 9.17) is 28.2 Å². The van der Waals surface area contributed by atoms with Crippen molar-refractivity contribution in [3.05, 3.63) is 259 Å². The molecule has 1 spiro atoms. The molecule has 11 aromatic carbocycles. The molecule has 6 nitrogen and oxygen atoms in total. The van der Waals surface area contributed by atoms with Gasteiger partial charge in [0.1, 0.15) is 33.5 Å². The number of nitrogens with zero attached hydrogens (tertiary/aromatic N) is 3. The summed E-state index contributed by atoms with van der Waals surface area (Å²) in [5.74, 6) is 1.62. The number of hydrogen-bond donors (Lipinski definition) is 0. The van der Waals surface area contributed by atoms with E-state index in [-0.39, 0.29) is 0 Å². The van der Waals surface area contributed by atoms with Crippen molar-refractivity contribution >= 4 is 65.8 Å². The summed E-state index contributed by atoms with van der Waals surface area (Å²) in [5, 5.41) is 5.89. The Labute approximate surface area is 434 Å². The predicted molar refractivity (Wildman–Crippen MR) is 305 cm³/mol. The highest BCUT2D eigenvalue weighted by Crippen LogP contribution is 2.63. The van der Waals surface area contributed by atoms with Gasteiger partial charge in [0.15, 0.2) is 17.5 Å². The molecular weight excluding hydrogens is 931 g/mol. The van der Waals surface area contributed by atoms with E-state index < -0.39 is 5.41 Å². The molecule has 0 saturated heterocycles. The van der Waals surface area contributed by atoms with Crippen LogP contribution in [0.25, 0.3) is 144 Å². The number of rotatable bonds is 5. The van der Waals surface area contributed by atoms with E-state index in [9.17, 15) is 0 Å². The quantitative estimate of drug-likeness (QED) is 0.171. The Bertz CT molecular complexity index is 4910. The lowest BCUT2D eigenvalue weighted by molar-refractivity contribution is 0.668. The molecular formula is C70H39N3O3. The molecule has 0 unspecified atom stereocenters. The average molecular weight is 970 g/mol. The van der Waals surface area contributed by atoms with Gasteiger partial charge in [-0.3, -0.25) is 0 Å². The Kier molecular flexibility index (Phi) is 8.39. The van der Waals surface area contributed by atoms with Crippen LogP contribution >= 0.6 is 0 Å². The van der Waals surface area contributed by atoms with Gasteiger partial charge in [-0.1, -0.05) is 170 Å². The van der Waals surface area contributed by atoms with E-state index in [1.54, 1.807) is 0 Å². The highest BCUT2D eigenvalue weighted by Gasteiger charge is 2.51. The third kappa shape index (κ3) is 5.72. The van der Waals surface area contributed by atoms with Crippen molar-refractivity contribution in [3.8, 4) is 78.7 Å². The fourth-order valence-electron chi connectivity index (χ4n) is 12.9. The van der Waals surface area contributed by atoms with Crippen molar-refractivity contribution in [2.45, 2.75) is 5.41 Å². The van der Waals surface area contributed by atoms with Crippen LogP contribution in [0.5, 0.6) is 0 Å². The van der Waals surface area contributed by atoms with Gasteiger partial charge in [0, 0.05) is 49.0 Å². The van der Waals surface area contributed by atoms with Crippen LogP contribution in [-0.2, 0) is 5.41 Å². The fourth-order valence-corrected chi connectivity index (χ4v) is 12.9. The van der Waals surface area contributed by atoms with Crippen LogP contribution in [-0.4, -0.2) is 15.0 Å². The smallest absolute Gasteiger partial charge is 0.164 e. The molecule has 17 rings (SSSR count). The molecule has 0 bridgehead atoms. The number of furan rings is 3. The molecule has 76 heavy (non-hydrogen) atoms. The van der Waals surface area contributed by atoms with Gasteiger partial charge < -0.3 is 13.3 Å². The minimum Gasteiger partial charge on any atom is -0.456 e. The van der Waals surface area contributed by atoms with E-state index in [1.165, 1.54) is 50.1 Å². The molecule has 4 heterocycles. The van der Waals surface area contributed by atoms with Gasteiger partial charge in [-0.2, -0.15) is 0 Å². The zero-order chi connectivity index (χ0) is 49.6. The van der Waals surface area contributed by atoms with Gasteiger partial charge in [0.25, 0.3) is 0 Å². The summed E-state index contributed by atoms with van der Waals surface area (Å²) in [4.78, 5) is 16.0. The molecule has 15 aromatic rings. The van der Waals surface area contributed by atoms with Gasteiger partial charge in [-0.05, 0) is 133 Å². The summed E-state index contributed by atoms with van der Waals surface area (Å²) in [6.07, 6.45) is 0. The molecule has 0 atom stereocenters. The molecule has 2 aliphatic carbocycles. The first-order valence-electron chi connectivity index (χ1n) is 25.7. The first-order chi connectivity index (χ1) is 37.6. The molecule has 2 aliphatic rings. The average Bonchev–Trinajstić information content (AvgIpc) is 4.30. The summed E-state index contributed by atoms with van der Waals surface area (Å²) >= 11 is 0. The zero-order valence-electron chi connectivity index (χ0n) is 40.6. The van der Waals surface area contributed by atoms with Gasteiger partial charge in [0.05, 0.1) is 5.41 Å². The van der Waals surface area contributed by atoms with E-state index in [0.29, 0.717) is 17.5 Å². The third-order valence-electron chi connectivity index (χ3n) is 16.2. The summed E-state index contributed by atoms with van der Waals surface area (Å²) < 4.78 is 19.3. The number of para-hydroxylation sites is 2. The fraction of sp³-hybridized carbons (Fsp3) is 0.0143. The maximum absolute atomic E-state index is 6.68. The van der Waals surface area contributed by atoms with E-state index in [1.807, 2.05) is 72.8 Å². The molecule has 0 saturated carbocycles. The molecule has 0 N–H and O–H groups in total. The van der Waals surface area contributed by atoms with Crippen molar-refractivity contribution in [2.24, 2.45) is 0 Å². The summed E-state index contributed by atoms with van der Waals surface area (Å²) in [7, 11) is 0. The molecule has 352 valence electrons. The number of fused-ring (bicyclic) bond motifs is 19. The monoisotopic (exact) mass is 969 g/mol. The number of hydrogen-bond acceptors (Lipinski definition) is 6. The highest BCUT2D eigenvalue weighted by atomic mass is 16.3. The minimum atomic E-state index is -0.416. The summed E-state index contributed by atoms with van der Waals surface area (Å²) in [6, 6.07) is 84.1. The SMILES string of the molecule is c1cc(-c2ccc3c(c2)C2(c4ccccc4-c4ccccc42)c2ccccc2-3)cc(-c2ccc3oc4cccc(-c5nc(-c6ccc7oc8ccccc8c7c6)nc(-c6cccc7oc8ccccc8c67)n5)c4c3c2)c1. The summed E-state index contributed by atoms with van der Waals surface area (Å²) in [6.45, 7) is 0. The van der Waals surface area contributed by atoms with Crippen molar-refractivity contribution in [1.29, 1.82) is 0 Å². The number of aromatic nitrogens is 3. The maximum Gasteiger partial charge on any atom is 0.164 e. The molecule has 0 amide bonds. The Hall–Kier alpha value is -10.2. The van der Waals surface area contributed by atoms with Crippen molar-refractivity contribution < 1.29 is 13.3 Å². The first kappa shape index (κ1) is 41.3. The lowest BCUT2D eigenvalue weighted by atomic mass is 9.70. The topological polar surface area (TPSA) is 78.1 Å². The lowest BCUT2D eigenvalue weighted by Crippen LogP contribution is -2.25. The first-order valence-corrected chi connectivity index (χ1v) is 25.7. The van der Waals surface area contributed by atoms with Gasteiger partial charge >= 0.3 is 0 Å². The van der Waals surface area contributed by atoms with E-state index >= 15 is 0 Å². The second kappa shape index (κ2) is 15.4. The Balaban J connectivity index is 0.822. The van der Waals surface area contributed by atoms with Crippen LogP contribution in [0, 0.1) is 0 Å². The van der Waals surface area contributed by atoms with E-state index in [2.05, 4.69) is 164 Å². The Morgan fingerprint density at radius 1 is 0.237 bits per heavy atom. The van der Waals surface area contributed by atoms with Crippen LogP contribution < -0.4 is 0 Å². The Morgan fingerprint density at radius 2 is 0.645 bits per heavy atom. The van der Waals surface area contributed by atoms with Crippen molar-refractivity contribution in [1.82, 2.24) is 15.0 Å². The number of benzene rings is 11. The minimum absolute atomic E-state index is 0.416. The standard InChI is InChI=1S/C70H39N3O3/c1-6-23-55-45(16-1)46-17-2-7-24-56(46)70(55)57-25-8-3-18-47(57)48-33-30-43(39-58(48)70)41-15-11-14-40(36-41)42-31-34-62-54(37-42)66-52(22-13-29-64(66)76-62)69-72-67(44-32-35-61-53(38-44)49-19-4-9-26-59(49)74-61)71-68(73-69)51-21-12-28-63-65(51)50-20-5-10-27-60(50)75-63/h1-39H. The van der Waals surface area contributed by atoms with Gasteiger partial charge in [0.2, 0.25) is 0 Å². The van der Waals surface area contributed by atoms with Crippen LogP contribution in [0.2, 0.25) is 0 Å². The third-order valence-corrected chi connectivity index (χ3v) is 16.2. The molecule has 0 aliphatic heterocycles.